The van der Waals surface area contributed by atoms with Gasteiger partial charge in [-0.25, -0.2) is 0 Å². The first-order valence-electron chi connectivity index (χ1n) is 6.11. The molecule has 5 heteroatoms. The predicted molar refractivity (Wildman–Crippen MR) is 75.3 cm³/mol. The average Bonchev–Trinajstić information content (AvgIpc) is 2.38. The van der Waals surface area contributed by atoms with E-state index in [4.69, 9.17) is 0 Å². The Morgan fingerprint density at radius 2 is 2.44 bits per heavy atom. The van der Waals surface area contributed by atoms with Crippen LogP contribution < -0.4 is 10.6 Å². The van der Waals surface area contributed by atoms with Crippen LogP contribution in [-0.2, 0) is 11.3 Å². The molecule has 2 rings (SSSR count). The number of carbonyl (C=O) groups is 1. The van der Waals surface area contributed by atoms with E-state index in [1.807, 2.05) is 12.1 Å². The van der Waals surface area contributed by atoms with Crippen molar-refractivity contribution < 1.29 is 4.79 Å². The van der Waals surface area contributed by atoms with Gasteiger partial charge in [0.1, 0.15) is 6.04 Å². The number of rotatable bonds is 3. The number of likely N-dealkylation sites (N-methyl/N-ethyl adjacent to an activating group) is 1. The molecule has 2 N–H and O–H groups in total. The molecule has 1 heterocycles. The second kappa shape index (κ2) is 6.31. The molecule has 4 nitrogen and oxygen atoms in total. The molecule has 0 saturated carbocycles. The zero-order valence-electron chi connectivity index (χ0n) is 10.4. The fourth-order valence-corrected chi connectivity index (χ4v) is 2.68. The molecule has 1 saturated heterocycles. The summed E-state index contributed by atoms with van der Waals surface area (Å²) in [6, 6.07) is 8.15. The van der Waals surface area contributed by atoms with Gasteiger partial charge >= 0.3 is 0 Å². The molecule has 0 bridgehead atoms. The predicted octanol–water partition coefficient (Wildman–Crippen LogP) is 0.969. The molecule has 1 aromatic rings. The largest absolute Gasteiger partial charge is 0.358 e. The third-order valence-electron chi connectivity index (χ3n) is 3.18. The monoisotopic (exact) mass is 311 g/mol. The summed E-state index contributed by atoms with van der Waals surface area (Å²) in [5, 5.41) is 6.00. The highest BCUT2D eigenvalue weighted by Gasteiger charge is 2.27. The summed E-state index contributed by atoms with van der Waals surface area (Å²) in [5.74, 6) is 0.0807. The van der Waals surface area contributed by atoms with Crippen molar-refractivity contribution in [1.29, 1.82) is 0 Å². The number of hydrogen-bond donors (Lipinski definition) is 2. The number of piperazine rings is 1. The lowest BCUT2D eigenvalue weighted by Crippen LogP contribution is -2.56. The van der Waals surface area contributed by atoms with Crippen molar-refractivity contribution in [1.82, 2.24) is 15.5 Å². The van der Waals surface area contributed by atoms with Crippen molar-refractivity contribution in [3.8, 4) is 0 Å². The molecular formula is C13H18BrN3O. The maximum atomic E-state index is 11.8. The Morgan fingerprint density at radius 3 is 3.17 bits per heavy atom. The summed E-state index contributed by atoms with van der Waals surface area (Å²) in [6.07, 6.45) is 0. The van der Waals surface area contributed by atoms with Gasteiger partial charge in [-0.15, -0.1) is 0 Å². The van der Waals surface area contributed by atoms with Crippen LogP contribution in [-0.4, -0.2) is 43.5 Å². The molecule has 1 aliphatic heterocycles. The lowest BCUT2D eigenvalue weighted by molar-refractivity contribution is -0.126. The first kappa shape index (κ1) is 13.5. The summed E-state index contributed by atoms with van der Waals surface area (Å²) in [7, 11) is 1.69. The van der Waals surface area contributed by atoms with E-state index in [1.165, 1.54) is 5.56 Å². The maximum Gasteiger partial charge on any atom is 0.238 e. The molecule has 0 spiro atoms. The highest BCUT2D eigenvalue weighted by molar-refractivity contribution is 9.10. The molecule has 1 atom stereocenters. The third kappa shape index (κ3) is 3.31. The van der Waals surface area contributed by atoms with Crippen molar-refractivity contribution in [2.75, 3.05) is 26.7 Å². The SMILES string of the molecule is CNC(=O)C1CNCCN1Cc1cccc(Br)c1. The molecule has 1 fully saturated rings. The number of carbonyl (C=O) groups excluding carboxylic acids is 1. The van der Waals surface area contributed by atoms with Gasteiger partial charge in [-0.3, -0.25) is 9.69 Å². The molecule has 0 aromatic heterocycles. The van der Waals surface area contributed by atoms with Crippen LogP contribution in [0.1, 0.15) is 5.56 Å². The standard InChI is InChI=1S/C13H18BrN3O/c1-15-13(18)12-8-16-5-6-17(12)9-10-3-2-4-11(14)7-10/h2-4,7,12,16H,5-6,8-9H2,1H3,(H,15,18). The zero-order chi connectivity index (χ0) is 13.0. The van der Waals surface area contributed by atoms with E-state index < -0.39 is 0 Å². The van der Waals surface area contributed by atoms with E-state index in [0.29, 0.717) is 6.54 Å². The lowest BCUT2D eigenvalue weighted by atomic mass is 10.1. The number of benzene rings is 1. The van der Waals surface area contributed by atoms with Gasteiger partial charge in [0.25, 0.3) is 0 Å². The lowest BCUT2D eigenvalue weighted by Gasteiger charge is -2.34. The molecule has 18 heavy (non-hydrogen) atoms. The average molecular weight is 312 g/mol. The van der Waals surface area contributed by atoms with Crippen molar-refractivity contribution >= 4 is 21.8 Å². The Morgan fingerprint density at radius 1 is 1.61 bits per heavy atom. The second-order valence-electron chi connectivity index (χ2n) is 4.43. The van der Waals surface area contributed by atoms with Crippen LogP contribution in [0.2, 0.25) is 0 Å². The smallest absolute Gasteiger partial charge is 0.238 e. The van der Waals surface area contributed by atoms with Crippen molar-refractivity contribution in [2.45, 2.75) is 12.6 Å². The summed E-state index contributed by atoms with van der Waals surface area (Å²) in [6.45, 7) is 3.35. The Hall–Kier alpha value is -0.910. The van der Waals surface area contributed by atoms with Gasteiger partial charge in [0.2, 0.25) is 5.91 Å². The van der Waals surface area contributed by atoms with E-state index in [1.54, 1.807) is 7.05 Å². The fourth-order valence-electron chi connectivity index (χ4n) is 2.23. The van der Waals surface area contributed by atoms with Gasteiger partial charge in [-0.2, -0.15) is 0 Å². The van der Waals surface area contributed by atoms with Crippen molar-refractivity contribution in [3.63, 3.8) is 0 Å². The van der Waals surface area contributed by atoms with E-state index in [-0.39, 0.29) is 11.9 Å². The van der Waals surface area contributed by atoms with E-state index in [0.717, 1.165) is 24.1 Å². The number of amides is 1. The minimum Gasteiger partial charge on any atom is -0.358 e. The van der Waals surface area contributed by atoms with Crippen LogP contribution in [0.4, 0.5) is 0 Å². The molecular weight excluding hydrogens is 294 g/mol. The van der Waals surface area contributed by atoms with Crippen LogP contribution in [0.5, 0.6) is 0 Å². The summed E-state index contributed by atoms with van der Waals surface area (Å²) < 4.78 is 1.08. The van der Waals surface area contributed by atoms with Crippen LogP contribution >= 0.6 is 15.9 Å². The minimum absolute atomic E-state index is 0.0807. The quantitative estimate of drug-likeness (QED) is 0.874. The Kier molecular flexibility index (Phi) is 4.74. The van der Waals surface area contributed by atoms with Crippen LogP contribution in [0, 0.1) is 0 Å². The normalized spacial score (nSPS) is 20.7. The van der Waals surface area contributed by atoms with Gasteiger partial charge < -0.3 is 10.6 Å². The van der Waals surface area contributed by atoms with Gasteiger partial charge in [-0.1, -0.05) is 28.1 Å². The number of halogens is 1. The van der Waals surface area contributed by atoms with Crippen LogP contribution in [0.15, 0.2) is 28.7 Å². The fraction of sp³-hybridized carbons (Fsp3) is 0.462. The summed E-state index contributed by atoms with van der Waals surface area (Å²) in [4.78, 5) is 14.1. The molecule has 0 aliphatic carbocycles. The van der Waals surface area contributed by atoms with Crippen LogP contribution in [0.3, 0.4) is 0 Å². The number of hydrogen-bond acceptors (Lipinski definition) is 3. The highest BCUT2D eigenvalue weighted by atomic mass is 79.9. The van der Waals surface area contributed by atoms with Gasteiger partial charge in [0.15, 0.2) is 0 Å². The second-order valence-corrected chi connectivity index (χ2v) is 5.35. The van der Waals surface area contributed by atoms with E-state index in [2.05, 4.69) is 43.6 Å². The maximum absolute atomic E-state index is 11.8. The third-order valence-corrected chi connectivity index (χ3v) is 3.67. The molecule has 1 amide bonds. The van der Waals surface area contributed by atoms with Crippen molar-refractivity contribution in [3.05, 3.63) is 34.3 Å². The summed E-state index contributed by atoms with van der Waals surface area (Å²) >= 11 is 3.47. The molecule has 98 valence electrons. The topological polar surface area (TPSA) is 44.4 Å². The molecule has 1 aromatic carbocycles. The number of nitrogens with zero attached hydrogens (tertiary/aromatic N) is 1. The van der Waals surface area contributed by atoms with Crippen molar-refractivity contribution in [2.24, 2.45) is 0 Å². The van der Waals surface area contributed by atoms with E-state index in [9.17, 15) is 4.79 Å². The Balaban J connectivity index is 2.07. The molecule has 1 unspecified atom stereocenters. The van der Waals surface area contributed by atoms with Gasteiger partial charge in [0.05, 0.1) is 0 Å². The number of nitrogens with one attached hydrogen (secondary N) is 2. The van der Waals surface area contributed by atoms with Gasteiger partial charge in [-0.05, 0) is 17.7 Å². The van der Waals surface area contributed by atoms with Gasteiger partial charge in [0, 0.05) is 37.7 Å². The zero-order valence-corrected chi connectivity index (χ0v) is 12.0. The Bertz CT molecular complexity index is 424. The highest BCUT2D eigenvalue weighted by Crippen LogP contribution is 2.15. The Labute approximate surface area is 116 Å². The molecule has 0 radical (unpaired) electrons. The summed E-state index contributed by atoms with van der Waals surface area (Å²) in [5.41, 5.74) is 1.22. The van der Waals surface area contributed by atoms with E-state index >= 15 is 0 Å². The molecule has 1 aliphatic rings. The first-order chi connectivity index (χ1) is 8.70. The van der Waals surface area contributed by atoms with Crippen LogP contribution in [0.25, 0.3) is 0 Å². The minimum atomic E-state index is -0.0808. The first-order valence-corrected chi connectivity index (χ1v) is 6.91.